The van der Waals surface area contributed by atoms with E-state index in [1.54, 1.807) is 6.20 Å². The third-order valence-corrected chi connectivity index (χ3v) is 7.73. The molecule has 1 aliphatic rings. The number of benzene rings is 1. The normalized spacial score (nSPS) is 14.7. The molecule has 0 spiro atoms. The molecule has 0 atom stereocenters. The maximum absolute atomic E-state index is 12.1. The van der Waals surface area contributed by atoms with Crippen molar-refractivity contribution in [1.29, 1.82) is 0 Å². The molecule has 1 aliphatic heterocycles. The second-order valence-electron chi connectivity index (χ2n) is 9.37. The van der Waals surface area contributed by atoms with Crippen molar-refractivity contribution >= 4 is 39.3 Å². The van der Waals surface area contributed by atoms with Gasteiger partial charge in [-0.15, -0.1) is 0 Å². The molecule has 5 aromatic rings. The van der Waals surface area contributed by atoms with E-state index in [1.165, 1.54) is 6.08 Å². The van der Waals surface area contributed by atoms with E-state index in [1.807, 2.05) is 36.4 Å². The summed E-state index contributed by atoms with van der Waals surface area (Å²) in [5.41, 5.74) is 7.54. The van der Waals surface area contributed by atoms with Crippen molar-refractivity contribution in [2.75, 3.05) is 13.1 Å². The van der Waals surface area contributed by atoms with Crippen LogP contribution in [0.1, 0.15) is 30.1 Å². The molecular formula is C27H26ClN7O. The molecule has 8 nitrogen and oxygen atoms in total. The summed E-state index contributed by atoms with van der Waals surface area (Å²) in [6, 6.07) is 6.28. The summed E-state index contributed by atoms with van der Waals surface area (Å²) in [6.07, 6.45) is 8.46. The second kappa shape index (κ2) is 8.64. The number of rotatable bonds is 4. The number of halogens is 1. The molecule has 1 aromatic carbocycles. The molecule has 0 bridgehead atoms. The number of H-pyrrole nitrogens is 2. The summed E-state index contributed by atoms with van der Waals surface area (Å²) in [7, 11) is 0. The van der Waals surface area contributed by atoms with Crippen LogP contribution in [0.4, 0.5) is 0 Å². The zero-order valence-corrected chi connectivity index (χ0v) is 20.9. The van der Waals surface area contributed by atoms with Crippen LogP contribution in [-0.2, 0) is 4.79 Å². The monoisotopic (exact) mass is 499 g/mol. The first-order valence-corrected chi connectivity index (χ1v) is 12.4. The number of aryl methyl sites for hydroxylation is 1. The number of aromatic nitrogens is 6. The number of carbonyl (C=O) groups is 1. The Balaban J connectivity index is 1.55. The summed E-state index contributed by atoms with van der Waals surface area (Å²) in [5.74, 6) is -0.0207. The molecule has 36 heavy (non-hydrogen) atoms. The zero-order valence-electron chi connectivity index (χ0n) is 20.2. The van der Waals surface area contributed by atoms with E-state index in [2.05, 4.69) is 44.4 Å². The van der Waals surface area contributed by atoms with E-state index in [0.717, 1.165) is 68.4 Å². The number of carbonyl (C=O) groups excluding carboxylic acids is 1. The number of aromatic amines is 2. The van der Waals surface area contributed by atoms with Crippen molar-refractivity contribution in [3.8, 4) is 22.5 Å². The largest absolute Gasteiger partial charge is 0.352 e. The van der Waals surface area contributed by atoms with Gasteiger partial charge in [-0.25, -0.2) is 0 Å². The second-order valence-corrected chi connectivity index (χ2v) is 9.75. The molecule has 1 fully saturated rings. The molecule has 4 aromatic heterocycles. The minimum atomic E-state index is -0.0207. The fourth-order valence-electron chi connectivity index (χ4n) is 5.37. The first kappa shape index (κ1) is 22.5. The van der Waals surface area contributed by atoms with Crippen LogP contribution in [-0.4, -0.2) is 53.8 Å². The van der Waals surface area contributed by atoms with Crippen LogP contribution in [0, 0.1) is 13.8 Å². The van der Waals surface area contributed by atoms with Gasteiger partial charge in [0.1, 0.15) is 5.69 Å². The van der Waals surface area contributed by atoms with Gasteiger partial charge in [-0.1, -0.05) is 18.2 Å². The average Bonchev–Trinajstić information content (AvgIpc) is 3.61. The van der Waals surface area contributed by atoms with Crippen LogP contribution < -0.4 is 0 Å². The van der Waals surface area contributed by atoms with Crippen LogP contribution in [0.2, 0.25) is 5.02 Å². The van der Waals surface area contributed by atoms with E-state index in [9.17, 15) is 4.79 Å². The van der Waals surface area contributed by atoms with Gasteiger partial charge in [0.05, 0.1) is 40.2 Å². The number of fused-ring (bicyclic) bond motifs is 2. The highest BCUT2D eigenvalue weighted by molar-refractivity contribution is 6.36. The van der Waals surface area contributed by atoms with Gasteiger partial charge in [-0.3, -0.25) is 19.6 Å². The molecule has 1 amide bonds. The molecule has 0 unspecified atom stereocenters. The highest BCUT2D eigenvalue weighted by Gasteiger charge is 2.29. The van der Waals surface area contributed by atoms with Crippen LogP contribution in [0.5, 0.6) is 0 Å². The minimum absolute atomic E-state index is 0.0207. The highest BCUT2D eigenvalue weighted by atomic mass is 35.5. The lowest BCUT2D eigenvalue weighted by Gasteiger charge is -2.32. The van der Waals surface area contributed by atoms with Gasteiger partial charge in [-0.05, 0) is 56.5 Å². The zero-order chi connectivity index (χ0) is 25.0. The molecule has 182 valence electrons. The number of pyridine rings is 1. The lowest BCUT2D eigenvalue weighted by molar-refractivity contribution is -0.127. The van der Waals surface area contributed by atoms with Gasteiger partial charge in [0.2, 0.25) is 5.91 Å². The van der Waals surface area contributed by atoms with Gasteiger partial charge >= 0.3 is 0 Å². The number of nitrogens with zero attached hydrogens (tertiary/aromatic N) is 5. The Morgan fingerprint density at radius 3 is 2.72 bits per heavy atom. The van der Waals surface area contributed by atoms with Crippen LogP contribution in [0.3, 0.4) is 0 Å². The summed E-state index contributed by atoms with van der Waals surface area (Å²) in [5, 5.41) is 15.3. The number of hydrogen-bond donors (Lipinski definition) is 2. The maximum Gasteiger partial charge on any atom is 0.245 e. The third-order valence-electron chi connectivity index (χ3n) is 7.24. The van der Waals surface area contributed by atoms with E-state index >= 15 is 0 Å². The maximum atomic E-state index is 12.1. The topological polar surface area (TPSA) is 95.5 Å². The lowest BCUT2D eigenvalue weighted by atomic mass is 9.96. The number of nitrogens with one attached hydrogen (secondary N) is 2. The molecule has 0 aliphatic carbocycles. The summed E-state index contributed by atoms with van der Waals surface area (Å²) >= 11 is 6.99. The van der Waals surface area contributed by atoms with Crippen molar-refractivity contribution in [1.82, 2.24) is 34.8 Å². The smallest absolute Gasteiger partial charge is 0.245 e. The molecule has 5 heterocycles. The first-order valence-electron chi connectivity index (χ1n) is 12.0. The van der Waals surface area contributed by atoms with Crippen LogP contribution in [0.25, 0.3) is 44.3 Å². The van der Waals surface area contributed by atoms with Crippen molar-refractivity contribution in [2.24, 2.45) is 0 Å². The third kappa shape index (κ3) is 3.52. The van der Waals surface area contributed by atoms with Gasteiger partial charge in [-0.2, -0.15) is 10.2 Å². The fraction of sp³-hybridized carbons (Fsp3) is 0.259. The number of likely N-dealkylation sites (tertiary alicyclic amines) is 1. The Labute approximate surface area is 213 Å². The molecule has 2 N–H and O–H groups in total. The summed E-state index contributed by atoms with van der Waals surface area (Å²) in [6.45, 7) is 9.08. The van der Waals surface area contributed by atoms with Gasteiger partial charge in [0, 0.05) is 46.9 Å². The SMILES string of the molecule is C=CC(=O)N1CCC(n2nc(-c3cc4ccncc4[nH]3)c(-c3c(Cl)c(C)cc4[nH]ncc34)c2C)CC1. The number of hydrogen-bond acceptors (Lipinski definition) is 4. The summed E-state index contributed by atoms with van der Waals surface area (Å²) in [4.78, 5) is 21.7. The summed E-state index contributed by atoms with van der Waals surface area (Å²) < 4.78 is 2.12. The molecule has 1 saturated heterocycles. The predicted octanol–water partition coefficient (Wildman–Crippen LogP) is 5.59. The number of piperidine rings is 1. The first-order chi connectivity index (χ1) is 17.5. The Kier molecular flexibility index (Phi) is 5.41. The standard InChI is InChI=1S/C27H26ClN7O/c1-4-23(36)34-9-6-18(7-10-34)35-16(3)24(25-19-13-30-32-20(19)11-15(2)26(25)28)27(33-35)21-12-17-5-8-29-14-22(17)31-21/h4-5,8,11-14,18,31H,1,6-7,9-10H2,2-3H3,(H,30,32). The predicted molar refractivity (Wildman–Crippen MR) is 142 cm³/mol. The Hall–Kier alpha value is -3.91. The highest BCUT2D eigenvalue weighted by Crippen LogP contribution is 2.44. The molecule has 9 heteroatoms. The van der Waals surface area contributed by atoms with Crippen LogP contribution >= 0.6 is 11.6 Å². The Morgan fingerprint density at radius 1 is 1.17 bits per heavy atom. The molecular weight excluding hydrogens is 474 g/mol. The quantitative estimate of drug-likeness (QED) is 0.315. The average molecular weight is 500 g/mol. The van der Waals surface area contributed by atoms with E-state index < -0.39 is 0 Å². The van der Waals surface area contributed by atoms with Gasteiger partial charge in [0.15, 0.2) is 0 Å². The van der Waals surface area contributed by atoms with Crippen molar-refractivity contribution < 1.29 is 4.79 Å². The minimum Gasteiger partial charge on any atom is -0.352 e. The van der Waals surface area contributed by atoms with Crippen molar-refractivity contribution in [3.05, 3.63) is 65.7 Å². The molecule has 0 radical (unpaired) electrons. The van der Waals surface area contributed by atoms with Crippen molar-refractivity contribution in [3.63, 3.8) is 0 Å². The van der Waals surface area contributed by atoms with Gasteiger partial charge in [0.25, 0.3) is 0 Å². The molecule has 0 saturated carbocycles. The van der Waals surface area contributed by atoms with Crippen molar-refractivity contribution in [2.45, 2.75) is 32.7 Å². The number of amides is 1. The van der Waals surface area contributed by atoms with E-state index in [4.69, 9.17) is 16.7 Å². The Morgan fingerprint density at radius 2 is 1.97 bits per heavy atom. The van der Waals surface area contributed by atoms with Crippen LogP contribution in [0.15, 0.2) is 49.4 Å². The van der Waals surface area contributed by atoms with Gasteiger partial charge < -0.3 is 9.88 Å². The fourth-order valence-corrected chi connectivity index (χ4v) is 5.62. The Bertz CT molecular complexity index is 1600. The van der Waals surface area contributed by atoms with E-state index in [0.29, 0.717) is 18.1 Å². The molecule has 6 rings (SSSR count). The lowest BCUT2D eigenvalue weighted by Crippen LogP contribution is -2.38. The van der Waals surface area contributed by atoms with E-state index in [-0.39, 0.29) is 11.9 Å².